The molecule has 0 aliphatic carbocycles. The van der Waals surface area contributed by atoms with Gasteiger partial charge in [0.25, 0.3) is 0 Å². The molecule has 2 aromatic rings. The van der Waals surface area contributed by atoms with Crippen LogP contribution in [0.15, 0.2) is 59.5 Å². The fourth-order valence-electron chi connectivity index (χ4n) is 3.97. The van der Waals surface area contributed by atoms with Gasteiger partial charge in [0.2, 0.25) is 15.9 Å². The second kappa shape index (κ2) is 9.26. The molecule has 1 spiro atoms. The van der Waals surface area contributed by atoms with Crippen LogP contribution in [-0.4, -0.2) is 57.4 Å². The molecule has 2 aliphatic heterocycles. The van der Waals surface area contributed by atoms with E-state index in [9.17, 15) is 13.2 Å². The van der Waals surface area contributed by atoms with Gasteiger partial charge in [0.15, 0.2) is 5.79 Å². The third-order valence-electron chi connectivity index (χ3n) is 5.65. The van der Waals surface area contributed by atoms with E-state index in [2.05, 4.69) is 4.72 Å². The molecule has 2 aliphatic rings. The number of nitrogens with zero attached hydrogens (tertiary/aromatic N) is 1. The number of carbonyl (C=O) groups excluding carboxylic acids is 1. The predicted molar refractivity (Wildman–Crippen MR) is 116 cm³/mol. The summed E-state index contributed by atoms with van der Waals surface area (Å²) in [6.07, 6.45) is 1.39. The Balaban J connectivity index is 1.52. The number of ether oxygens (including phenoxy) is 2. The smallest absolute Gasteiger partial charge is 0.241 e. The molecule has 0 aromatic heterocycles. The Labute approximate surface area is 187 Å². The molecule has 7 nitrogen and oxygen atoms in total. The summed E-state index contributed by atoms with van der Waals surface area (Å²) in [4.78, 5) is 15.1. The van der Waals surface area contributed by atoms with E-state index < -0.39 is 21.9 Å². The van der Waals surface area contributed by atoms with Crippen LogP contribution in [0.3, 0.4) is 0 Å². The van der Waals surface area contributed by atoms with E-state index in [0.717, 1.165) is 5.56 Å². The van der Waals surface area contributed by atoms with Crippen LogP contribution >= 0.6 is 11.6 Å². The molecular weight excluding hydrogens is 440 g/mol. The summed E-state index contributed by atoms with van der Waals surface area (Å²) in [5, 5.41) is 0.439. The summed E-state index contributed by atoms with van der Waals surface area (Å²) in [5.74, 6) is -0.858. The Morgan fingerprint density at radius 1 is 1.03 bits per heavy atom. The van der Waals surface area contributed by atoms with Crippen molar-refractivity contribution in [3.05, 3.63) is 65.2 Å². The number of rotatable bonds is 6. The third-order valence-corrected chi connectivity index (χ3v) is 7.39. The Kier molecular flexibility index (Phi) is 6.64. The molecule has 2 heterocycles. The van der Waals surface area contributed by atoms with Crippen LogP contribution in [0.4, 0.5) is 0 Å². The number of nitrogens with one attached hydrogen (secondary N) is 1. The van der Waals surface area contributed by atoms with Gasteiger partial charge in [-0.05, 0) is 36.2 Å². The molecule has 0 bridgehead atoms. The van der Waals surface area contributed by atoms with Crippen LogP contribution in [-0.2, 0) is 30.7 Å². The van der Waals surface area contributed by atoms with Crippen molar-refractivity contribution in [1.82, 2.24) is 9.62 Å². The Bertz CT molecular complexity index is 998. The van der Waals surface area contributed by atoms with Crippen LogP contribution in [0.5, 0.6) is 0 Å². The minimum Gasteiger partial charge on any atom is -0.347 e. The van der Waals surface area contributed by atoms with Crippen LogP contribution in [0.1, 0.15) is 18.4 Å². The monoisotopic (exact) mass is 464 g/mol. The molecule has 2 aromatic carbocycles. The Morgan fingerprint density at radius 2 is 1.65 bits per heavy atom. The highest BCUT2D eigenvalue weighted by Crippen LogP contribution is 2.31. The molecular formula is C22H25ClN2O5S. The van der Waals surface area contributed by atoms with E-state index in [1.54, 1.807) is 4.90 Å². The number of sulfonamides is 1. The second-order valence-corrected chi connectivity index (χ2v) is 9.90. The van der Waals surface area contributed by atoms with Crippen molar-refractivity contribution in [2.75, 3.05) is 26.3 Å². The summed E-state index contributed by atoms with van der Waals surface area (Å²) in [6, 6.07) is 14.3. The number of amides is 1. The molecule has 31 heavy (non-hydrogen) atoms. The van der Waals surface area contributed by atoms with Gasteiger partial charge in [0.1, 0.15) is 6.04 Å². The number of likely N-dealkylation sites (tertiary alicyclic amines) is 1. The largest absolute Gasteiger partial charge is 0.347 e. The molecule has 9 heteroatoms. The number of carbonyl (C=O) groups is 1. The number of halogens is 1. The molecule has 166 valence electrons. The first kappa shape index (κ1) is 22.2. The van der Waals surface area contributed by atoms with Crippen molar-refractivity contribution in [3.63, 3.8) is 0 Å². The summed E-state index contributed by atoms with van der Waals surface area (Å²) in [5.41, 5.74) is 0.871. The standard InChI is InChI=1S/C22H25ClN2O5S/c23-18-6-8-19(9-7-18)31(27,28)24-20(16-17-4-2-1-3-5-17)21(26)25-12-10-22(11-13-25)29-14-15-30-22/h1-9,20,24H,10-16H2. The zero-order valence-corrected chi connectivity index (χ0v) is 18.6. The lowest BCUT2D eigenvalue weighted by molar-refractivity contribution is -0.187. The Hall–Kier alpha value is -1.97. The molecule has 2 saturated heterocycles. The van der Waals surface area contributed by atoms with Crippen LogP contribution in [0.25, 0.3) is 0 Å². The molecule has 1 N–H and O–H groups in total. The van der Waals surface area contributed by atoms with E-state index in [-0.39, 0.29) is 17.2 Å². The molecule has 4 rings (SSSR count). The fraction of sp³-hybridized carbons (Fsp3) is 0.409. The van der Waals surface area contributed by atoms with Crippen LogP contribution in [0, 0.1) is 0 Å². The van der Waals surface area contributed by atoms with Crippen LogP contribution < -0.4 is 4.72 Å². The molecule has 0 radical (unpaired) electrons. The minimum absolute atomic E-state index is 0.0631. The number of hydrogen-bond donors (Lipinski definition) is 1. The lowest BCUT2D eigenvalue weighted by atomic mass is 10.0. The highest BCUT2D eigenvalue weighted by Gasteiger charge is 2.42. The van der Waals surface area contributed by atoms with Gasteiger partial charge in [-0.1, -0.05) is 41.9 Å². The Morgan fingerprint density at radius 3 is 2.26 bits per heavy atom. The number of hydrogen-bond acceptors (Lipinski definition) is 5. The van der Waals surface area contributed by atoms with E-state index in [0.29, 0.717) is 44.2 Å². The zero-order chi connectivity index (χ0) is 21.9. The lowest BCUT2D eigenvalue weighted by Crippen LogP contribution is -2.54. The predicted octanol–water partition coefficient (Wildman–Crippen LogP) is 2.60. The minimum atomic E-state index is -3.91. The normalized spacial score (nSPS) is 19.5. The third kappa shape index (κ3) is 5.27. The van der Waals surface area contributed by atoms with Gasteiger partial charge in [-0.15, -0.1) is 0 Å². The summed E-state index contributed by atoms with van der Waals surface area (Å²) >= 11 is 5.88. The number of benzene rings is 2. The first-order chi connectivity index (χ1) is 14.9. The van der Waals surface area contributed by atoms with E-state index in [1.165, 1.54) is 24.3 Å². The van der Waals surface area contributed by atoms with Gasteiger partial charge >= 0.3 is 0 Å². The van der Waals surface area contributed by atoms with Gasteiger partial charge in [-0.2, -0.15) is 4.72 Å². The average molecular weight is 465 g/mol. The van der Waals surface area contributed by atoms with Crippen molar-refractivity contribution in [2.24, 2.45) is 0 Å². The zero-order valence-electron chi connectivity index (χ0n) is 17.0. The van der Waals surface area contributed by atoms with Crippen molar-refractivity contribution in [1.29, 1.82) is 0 Å². The van der Waals surface area contributed by atoms with Crippen molar-refractivity contribution in [2.45, 2.75) is 36.0 Å². The maximum absolute atomic E-state index is 13.4. The SMILES string of the molecule is O=C(C(Cc1ccccc1)NS(=O)(=O)c1ccc(Cl)cc1)N1CCC2(CC1)OCCO2. The maximum Gasteiger partial charge on any atom is 0.241 e. The maximum atomic E-state index is 13.4. The number of piperidine rings is 1. The molecule has 1 unspecified atom stereocenters. The van der Waals surface area contributed by atoms with Crippen LogP contribution in [0.2, 0.25) is 5.02 Å². The molecule has 1 atom stereocenters. The first-order valence-electron chi connectivity index (χ1n) is 10.3. The molecule has 1 amide bonds. The van der Waals surface area contributed by atoms with E-state index in [4.69, 9.17) is 21.1 Å². The lowest BCUT2D eigenvalue weighted by Gasteiger charge is -2.38. The quantitative estimate of drug-likeness (QED) is 0.710. The van der Waals surface area contributed by atoms with Gasteiger partial charge in [-0.3, -0.25) is 4.79 Å². The van der Waals surface area contributed by atoms with Crippen molar-refractivity contribution >= 4 is 27.5 Å². The molecule has 0 saturated carbocycles. The van der Waals surface area contributed by atoms with E-state index in [1.807, 2.05) is 30.3 Å². The molecule has 2 fully saturated rings. The average Bonchev–Trinajstić information content (AvgIpc) is 3.22. The highest BCUT2D eigenvalue weighted by atomic mass is 35.5. The first-order valence-corrected chi connectivity index (χ1v) is 12.1. The van der Waals surface area contributed by atoms with Gasteiger partial charge in [0.05, 0.1) is 18.1 Å². The highest BCUT2D eigenvalue weighted by molar-refractivity contribution is 7.89. The summed E-state index contributed by atoms with van der Waals surface area (Å²) < 4.78 is 40.0. The van der Waals surface area contributed by atoms with Gasteiger partial charge in [0, 0.05) is 31.0 Å². The topological polar surface area (TPSA) is 84.9 Å². The summed E-state index contributed by atoms with van der Waals surface area (Å²) in [7, 11) is -3.91. The fourth-order valence-corrected chi connectivity index (χ4v) is 5.29. The van der Waals surface area contributed by atoms with Gasteiger partial charge < -0.3 is 14.4 Å². The second-order valence-electron chi connectivity index (χ2n) is 7.75. The van der Waals surface area contributed by atoms with Gasteiger partial charge in [-0.25, -0.2) is 8.42 Å². The van der Waals surface area contributed by atoms with E-state index >= 15 is 0 Å². The van der Waals surface area contributed by atoms with Crippen molar-refractivity contribution in [3.8, 4) is 0 Å². The summed E-state index contributed by atoms with van der Waals surface area (Å²) in [6.45, 7) is 2.02. The van der Waals surface area contributed by atoms with Crippen molar-refractivity contribution < 1.29 is 22.7 Å².